The lowest BCUT2D eigenvalue weighted by molar-refractivity contribution is -0.119. The number of anilines is 2. The summed E-state index contributed by atoms with van der Waals surface area (Å²) in [5, 5.41) is 12.0. The van der Waals surface area contributed by atoms with Crippen molar-refractivity contribution in [3.8, 4) is 0 Å². The maximum atomic E-state index is 12.9. The summed E-state index contributed by atoms with van der Waals surface area (Å²) in [7, 11) is 0. The Bertz CT molecular complexity index is 1230. The summed E-state index contributed by atoms with van der Waals surface area (Å²) in [6, 6.07) is 16.8. The fraction of sp³-hybridized carbons (Fsp3) is 0.333. The first-order chi connectivity index (χ1) is 17.5. The standard InChI is InChI=1S/C27H27Cl2N5O2/c28-21-5-8-24(29)23(16-21)27(36)33-13-9-19(10-14-33)18-3-6-22(7-4-18)31-26(35)20-11-15-34(17-20)25-2-1-12-30-32-25/h1-8,12,16,19-20H,9-11,13-15,17H2,(H,31,35)/t20-/m0/s1. The number of nitrogens with one attached hydrogen (secondary N) is 1. The van der Waals surface area contributed by atoms with Crippen molar-refractivity contribution in [1.29, 1.82) is 0 Å². The lowest BCUT2D eigenvalue weighted by Gasteiger charge is -2.32. The molecular weight excluding hydrogens is 497 g/mol. The molecule has 2 fully saturated rings. The van der Waals surface area contributed by atoms with Crippen molar-refractivity contribution in [2.45, 2.75) is 25.2 Å². The van der Waals surface area contributed by atoms with Crippen LogP contribution in [0.25, 0.3) is 0 Å². The predicted octanol–water partition coefficient (Wildman–Crippen LogP) is 5.27. The molecule has 2 aliphatic rings. The Morgan fingerprint density at radius 1 is 0.944 bits per heavy atom. The summed E-state index contributed by atoms with van der Waals surface area (Å²) in [6.07, 6.45) is 4.18. The number of hydrogen-bond acceptors (Lipinski definition) is 5. The first kappa shape index (κ1) is 24.5. The number of halogens is 2. The predicted molar refractivity (Wildman–Crippen MR) is 142 cm³/mol. The van der Waals surface area contributed by atoms with E-state index < -0.39 is 0 Å². The molecule has 1 N–H and O–H groups in total. The third kappa shape index (κ3) is 5.47. The Morgan fingerprint density at radius 2 is 1.72 bits per heavy atom. The molecule has 0 bridgehead atoms. The Morgan fingerprint density at radius 3 is 2.44 bits per heavy atom. The van der Waals surface area contributed by atoms with E-state index in [9.17, 15) is 9.59 Å². The highest BCUT2D eigenvalue weighted by atomic mass is 35.5. The van der Waals surface area contributed by atoms with Gasteiger partial charge in [0.05, 0.1) is 16.5 Å². The quantitative estimate of drug-likeness (QED) is 0.492. The molecule has 2 amide bonds. The van der Waals surface area contributed by atoms with Crippen molar-refractivity contribution < 1.29 is 9.59 Å². The number of likely N-dealkylation sites (tertiary alicyclic amines) is 1. The number of benzene rings is 2. The molecule has 2 aliphatic heterocycles. The molecule has 0 unspecified atom stereocenters. The van der Waals surface area contributed by atoms with Crippen LogP contribution < -0.4 is 10.2 Å². The van der Waals surface area contributed by atoms with E-state index in [-0.39, 0.29) is 17.7 Å². The number of carbonyl (C=O) groups is 2. The van der Waals surface area contributed by atoms with Gasteiger partial charge in [0.1, 0.15) is 0 Å². The van der Waals surface area contributed by atoms with E-state index in [1.807, 2.05) is 29.2 Å². The van der Waals surface area contributed by atoms with Gasteiger partial charge in [-0.2, -0.15) is 5.10 Å². The SMILES string of the molecule is O=C(Nc1ccc(C2CCN(C(=O)c3cc(Cl)ccc3Cl)CC2)cc1)[C@H]1CCN(c2cccnn2)C1. The molecule has 1 atom stereocenters. The van der Waals surface area contributed by atoms with E-state index in [4.69, 9.17) is 23.2 Å². The number of nitrogens with zero attached hydrogens (tertiary/aromatic N) is 4. The second-order valence-corrected chi connectivity index (χ2v) is 10.2. The maximum absolute atomic E-state index is 12.9. The van der Waals surface area contributed by atoms with E-state index in [1.165, 1.54) is 5.56 Å². The van der Waals surface area contributed by atoms with E-state index in [0.29, 0.717) is 41.2 Å². The third-order valence-corrected chi connectivity index (χ3v) is 7.60. The van der Waals surface area contributed by atoms with Gasteiger partial charge in [0.15, 0.2) is 5.82 Å². The number of piperidine rings is 1. The van der Waals surface area contributed by atoms with Crippen LogP contribution in [0.4, 0.5) is 11.5 Å². The molecule has 2 saturated heterocycles. The maximum Gasteiger partial charge on any atom is 0.255 e. The Hall–Kier alpha value is -3.16. The fourth-order valence-corrected chi connectivity index (χ4v) is 5.35. The monoisotopic (exact) mass is 523 g/mol. The molecule has 7 nitrogen and oxygen atoms in total. The van der Waals surface area contributed by atoms with E-state index >= 15 is 0 Å². The van der Waals surface area contributed by atoms with Crippen LogP contribution >= 0.6 is 23.2 Å². The summed E-state index contributed by atoms with van der Waals surface area (Å²) in [5.74, 6) is 1.04. The van der Waals surface area contributed by atoms with Crippen molar-refractivity contribution >= 4 is 46.5 Å². The zero-order valence-corrected chi connectivity index (χ0v) is 21.3. The van der Waals surface area contributed by atoms with E-state index in [0.717, 1.165) is 37.3 Å². The average Bonchev–Trinajstić information content (AvgIpc) is 3.42. The van der Waals surface area contributed by atoms with Crippen LogP contribution in [0.1, 0.15) is 41.1 Å². The highest BCUT2D eigenvalue weighted by Gasteiger charge is 2.29. The summed E-state index contributed by atoms with van der Waals surface area (Å²) in [5.41, 5.74) is 2.46. The highest BCUT2D eigenvalue weighted by Crippen LogP contribution is 2.31. The van der Waals surface area contributed by atoms with Crippen molar-refractivity contribution in [3.05, 3.63) is 82.0 Å². The summed E-state index contributed by atoms with van der Waals surface area (Å²) in [6.45, 7) is 2.75. The van der Waals surface area contributed by atoms with Gasteiger partial charge < -0.3 is 15.1 Å². The largest absolute Gasteiger partial charge is 0.354 e. The first-order valence-electron chi connectivity index (χ1n) is 12.2. The number of aromatic nitrogens is 2. The van der Waals surface area contributed by atoms with Crippen molar-refractivity contribution in [2.24, 2.45) is 5.92 Å². The molecule has 0 aliphatic carbocycles. The van der Waals surface area contributed by atoms with Crippen molar-refractivity contribution in [1.82, 2.24) is 15.1 Å². The van der Waals surface area contributed by atoms with Crippen LogP contribution in [0, 0.1) is 5.92 Å². The number of amides is 2. The van der Waals surface area contributed by atoms with Gasteiger partial charge in [0, 0.05) is 43.1 Å². The zero-order valence-electron chi connectivity index (χ0n) is 19.7. The molecule has 0 saturated carbocycles. The average molecular weight is 524 g/mol. The minimum absolute atomic E-state index is 0.0284. The Balaban J connectivity index is 1.13. The van der Waals surface area contributed by atoms with Gasteiger partial charge in [-0.05, 0) is 73.2 Å². The van der Waals surface area contributed by atoms with E-state index in [2.05, 4.69) is 32.5 Å². The Kier molecular flexibility index (Phi) is 7.39. The minimum atomic E-state index is -0.0819. The highest BCUT2D eigenvalue weighted by molar-refractivity contribution is 6.35. The molecular formula is C27H27Cl2N5O2. The number of carbonyl (C=O) groups excluding carboxylic acids is 2. The summed E-state index contributed by atoms with van der Waals surface area (Å²) >= 11 is 12.3. The normalized spacial score (nSPS) is 18.3. The third-order valence-electron chi connectivity index (χ3n) is 7.03. The molecule has 186 valence electrons. The lowest BCUT2D eigenvalue weighted by Crippen LogP contribution is -2.38. The van der Waals surface area contributed by atoms with Gasteiger partial charge >= 0.3 is 0 Å². The van der Waals surface area contributed by atoms with Crippen LogP contribution in [-0.4, -0.2) is 53.1 Å². The van der Waals surface area contributed by atoms with Crippen LogP contribution in [0.5, 0.6) is 0 Å². The van der Waals surface area contributed by atoms with E-state index in [1.54, 1.807) is 24.4 Å². The molecule has 9 heteroatoms. The van der Waals surface area contributed by atoms with Gasteiger partial charge in [0.25, 0.3) is 5.91 Å². The van der Waals surface area contributed by atoms with Crippen LogP contribution in [-0.2, 0) is 4.79 Å². The van der Waals surface area contributed by atoms with Gasteiger partial charge in [-0.3, -0.25) is 9.59 Å². The second kappa shape index (κ2) is 10.8. The van der Waals surface area contributed by atoms with Gasteiger partial charge in [-0.25, -0.2) is 0 Å². The topological polar surface area (TPSA) is 78.4 Å². The van der Waals surface area contributed by atoms with Crippen molar-refractivity contribution in [2.75, 3.05) is 36.4 Å². The van der Waals surface area contributed by atoms with Gasteiger partial charge in [0.2, 0.25) is 5.91 Å². The van der Waals surface area contributed by atoms with Crippen LogP contribution in [0.2, 0.25) is 10.0 Å². The molecule has 3 aromatic rings. The molecule has 3 heterocycles. The molecule has 0 spiro atoms. The molecule has 36 heavy (non-hydrogen) atoms. The number of hydrogen-bond donors (Lipinski definition) is 1. The van der Waals surface area contributed by atoms with Crippen LogP contribution in [0.3, 0.4) is 0 Å². The fourth-order valence-electron chi connectivity index (χ4n) is 4.98. The zero-order chi connectivity index (χ0) is 25.1. The van der Waals surface area contributed by atoms with Crippen molar-refractivity contribution in [3.63, 3.8) is 0 Å². The van der Waals surface area contributed by atoms with Gasteiger partial charge in [-0.15, -0.1) is 5.10 Å². The molecule has 2 aromatic carbocycles. The second-order valence-electron chi connectivity index (χ2n) is 9.32. The summed E-state index contributed by atoms with van der Waals surface area (Å²) in [4.78, 5) is 29.7. The number of rotatable bonds is 5. The van der Waals surface area contributed by atoms with Gasteiger partial charge in [-0.1, -0.05) is 35.3 Å². The summed E-state index contributed by atoms with van der Waals surface area (Å²) < 4.78 is 0. The molecule has 1 aromatic heterocycles. The molecule has 5 rings (SSSR count). The first-order valence-corrected chi connectivity index (χ1v) is 12.9. The minimum Gasteiger partial charge on any atom is -0.354 e. The smallest absolute Gasteiger partial charge is 0.255 e. The van der Waals surface area contributed by atoms with Crippen LogP contribution in [0.15, 0.2) is 60.8 Å². The lowest BCUT2D eigenvalue weighted by atomic mass is 9.89. The molecule has 0 radical (unpaired) electrons. The Labute approximate surface area is 220 Å².